The monoisotopic (exact) mass is 451 g/mol. The topological polar surface area (TPSA) is 76.1 Å². The van der Waals surface area contributed by atoms with E-state index < -0.39 is 18.7 Å². The fraction of sp³-hybridized carbons (Fsp3) is 0.158. The van der Waals surface area contributed by atoms with Crippen molar-refractivity contribution in [2.75, 3.05) is 0 Å². The molecule has 1 unspecified atom stereocenters. The molecule has 0 spiro atoms. The number of rotatable bonds is 3. The molecule has 2 heterocycles. The Morgan fingerprint density at radius 2 is 1.90 bits per heavy atom. The summed E-state index contributed by atoms with van der Waals surface area (Å²) in [5.41, 5.74) is 1.68. The van der Waals surface area contributed by atoms with Crippen LogP contribution in [0.5, 0.6) is 0 Å². The molecule has 1 aliphatic rings. The van der Waals surface area contributed by atoms with Crippen molar-refractivity contribution in [1.29, 1.82) is 5.26 Å². The van der Waals surface area contributed by atoms with Gasteiger partial charge in [0.15, 0.2) is 0 Å². The van der Waals surface area contributed by atoms with Gasteiger partial charge in [-0.3, -0.25) is 0 Å². The van der Waals surface area contributed by atoms with Gasteiger partial charge in [-0.2, -0.15) is 23.5 Å². The maximum Gasteiger partial charge on any atom is 0.428 e. The molecule has 0 N–H and O–H groups in total. The van der Waals surface area contributed by atoms with Gasteiger partial charge >= 0.3 is 6.18 Å². The lowest BCUT2D eigenvalue weighted by molar-refractivity contribution is -0.212. The van der Waals surface area contributed by atoms with Crippen molar-refractivity contribution in [3.05, 3.63) is 64.2 Å². The summed E-state index contributed by atoms with van der Waals surface area (Å²) in [7, 11) is 0. The molecule has 1 aromatic heterocycles. The van der Waals surface area contributed by atoms with Gasteiger partial charge in [-0.1, -0.05) is 34.4 Å². The van der Waals surface area contributed by atoms with Gasteiger partial charge in [0.2, 0.25) is 6.10 Å². The number of hydrogen-bond acceptors (Lipinski definition) is 5. The lowest BCUT2D eigenvalue weighted by Gasteiger charge is -2.17. The van der Waals surface area contributed by atoms with Crippen LogP contribution in [0.1, 0.15) is 17.5 Å². The van der Waals surface area contributed by atoms with Crippen LogP contribution < -0.4 is 0 Å². The van der Waals surface area contributed by atoms with Crippen molar-refractivity contribution in [2.45, 2.75) is 18.7 Å². The maximum absolute atomic E-state index is 13.2. The summed E-state index contributed by atoms with van der Waals surface area (Å²) in [6.07, 6.45) is -4.62. The molecule has 152 valence electrons. The third kappa shape index (κ3) is 3.72. The lowest BCUT2D eigenvalue weighted by Crippen LogP contribution is -2.29. The first-order valence-corrected chi connectivity index (χ1v) is 9.22. The van der Waals surface area contributed by atoms with E-state index in [1.54, 1.807) is 18.2 Å². The van der Waals surface area contributed by atoms with Gasteiger partial charge in [0, 0.05) is 22.0 Å². The highest BCUT2D eigenvalue weighted by Gasteiger charge is 2.46. The Bertz CT molecular complexity index is 1170. The van der Waals surface area contributed by atoms with Gasteiger partial charge in [0.25, 0.3) is 0 Å². The molecule has 0 amide bonds. The second-order valence-corrected chi connectivity index (χ2v) is 7.24. The standard InChI is InChI=1S/C19H10Cl2F3N5O/c20-12-3-11(4-13(21)5-12)14-2-1-10(7-25)18(29-9-26-8-27-29)17(14)15-6-16(30-28-15)19(22,23)24/h1-5,8-9,16H,6H2. The number of oxime groups is 1. The molecule has 3 aromatic rings. The average molecular weight is 452 g/mol. The lowest BCUT2D eigenvalue weighted by atomic mass is 9.90. The Hall–Kier alpha value is -3.09. The highest BCUT2D eigenvalue weighted by Crippen LogP contribution is 2.38. The average Bonchev–Trinajstić information content (AvgIpc) is 3.37. The minimum absolute atomic E-state index is 0.0195. The zero-order chi connectivity index (χ0) is 21.5. The molecule has 2 aromatic carbocycles. The molecular weight excluding hydrogens is 442 g/mol. The second kappa shape index (κ2) is 7.63. The summed E-state index contributed by atoms with van der Waals surface area (Å²) in [5.74, 6) is 0. The first-order valence-electron chi connectivity index (χ1n) is 8.46. The highest BCUT2D eigenvalue weighted by atomic mass is 35.5. The van der Waals surface area contributed by atoms with Crippen molar-refractivity contribution < 1.29 is 18.0 Å². The number of nitrogens with zero attached hydrogens (tertiary/aromatic N) is 5. The molecule has 6 nitrogen and oxygen atoms in total. The van der Waals surface area contributed by atoms with Gasteiger partial charge in [0.1, 0.15) is 18.7 Å². The quantitative estimate of drug-likeness (QED) is 0.550. The number of nitriles is 1. The van der Waals surface area contributed by atoms with Crippen molar-refractivity contribution in [2.24, 2.45) is 5.16 Å². The van der Waals surface area contributed by atoms with Crippen LogP contribution in [0.2, 0.25) is 10.0 Å². The molecule has 4 rings (SSSR count). The highest BCUT2D eigenvalue weighted by molar-refractivity contribution is 6.35. The number of aromatic nitrogens is 3. The van der Waals surface area contributed by atoms with Crippen LogP contribution in [0.15, 0.2) is 48.1 Å². The number of halogens is 5. The van der Waals surface area contributed by atoms with Crippen LogP contribution in [0.3, 0.4) is 0 Å². The molecule has 0 saturated heterocycles. The number of alkyl halides is 3. The molecule has 1 atom stereocenters. The predicted molar refractivity (Wildman–Crippen MR) is 104 cm³/mol. The molecular formula is C19H10Cl2F3N5O. The zero-order valence-corrected chi connectivity index (χ0v) is 16.4. The summed E-state index contributed by atoms with van der Waals surface area (Å²) in [5, 5.41) is 18.0. The van der Waals surface area contributed by atoms with E-state index in [4.69, 9.17) is 23.2 Å². The fourth-order valence-corrected chi connectivity index (χ4v) is 3.71. The van der Waals surface area contributed by atoms with Crippen LogP contribution in [0.25, 0.3) is 16.8 Å². The molecule has 0 saturated carbocycles. The van der Waals surface area contributed by atoms with Crippen LogP contribution >= 0.6 is 23.2 Å². The molecule has 0 fully saturated rings. The van der Waals surface area contributed by atoms with Gasteiger partial charge < -0.3 is 4.84 Å². The fourth-order valence-electron chi connectivity index (χ4n) is 3.19. The zero-order valence-electron chi connectivity index (χ0n) is 14.9. The van der Waals surface area contributed by atoms with E-state index in [1.807, 2.05) is 6.07 Å². The van der Waals surface area contributed by atoms with E-state index in [1.165, 1.54) is 29.5 Å². The molecule has 0 radical (unpaired) electrons. The van der Waals surface area contributed by atoms with E-state index in [0.29, 0.717) is 21.2 Å². The third-order valence-electron chi connectivity index (χ3n) is 4.44. The van der Waals surface area contributed by atoms with Crippen molar-refractivity contribution in [3.8, 4) is 22.9 Å². The van der Waals surface area contributed by atoms with E-state index >= 15 is 0 Å². The molecule has 11 heteroatoms. The summed E-state index contributed by atoms with van der Waals surface area (Å²) < 4.78 is 40.9. The van der Waals surface area contributed by atoms with Crippen LogP contribution in [0, 0.1) is 11.3 Å². The van der Waals surface area contributed by atoms with E-state index in [9.17, 15) is 18.4 Å². The largest absolute Gasteiger partial charge is 0.428 e. The first-order chi connectivity index (χ1) is 14.3. The van der Waals surface area contributed by atoms with Crippen molar-refractivity contribution >= 4 is 28.9 Å². The Labute approximate surface area is 178 Å². The summed E-state index contributed by atoms with van der Waals surface area (Å²) in [6.45, 7) is 0. The van der Waals surface area contributed by atoms with E-state index in [0.717, 1.165) is 0 Å². The van der Waals surface area contributed by atoms with Crippen LogP contribution in [-0.2, 0) is 4.84 Å². The Balaban J connectivity index is 1.99. The second-order valence-electron chi connectivity index (χ2n) is 6.37. The summed E-state index contributed by atoms with van der Waals surface area (Å²) >= 11 is 12.2. The Kier molecular flexibility index (Phi) is 5.13. The maximum atomic E-state index is 13.2. The van der Waals surface area contributed by atoms with Crippen LogP contribution in [0.4, 0.5) is 13.2 Å². The molecule has 1 aliphatic heterocycles. The number of hydrogen-bond donors (Lipinski definition) is 0. The Morgan fingerprint density at radius 3 is 2.47 bits per heavy atom. The van der Waals surface area contributed by atoms with Gasteiger partial charge in [0.05, 0.1) is 17.0 Å². The smallest absolute Gasteiger partial charge is 0.382 e. The summed E-state index contributed by atoms with van der Waals surface area (Å²) in [4.78, 5) is 8.53. The normalized spacial score (nSPS) is 16.1. The molecule has 30 heavy (non-hydrogen) atoms. The summed E-state index contributed by atoms with van der Waals surface area (Å²) in [6, 6.07) is 9.92. The third-order valence-corrected chi connectivity index (χ3v) is 4.88. The Morgan fingerprint density at radius 1 is 1.17 bits per heavy atom. The van der Waals surface area contributed by atoms with Gasteiger partial charge in [-0.25, -0.2) is 9.67 Å². The van der Waals surface area contributed by atoms with Gasteiger partial charge in [-0.05, 0) is 35.4 Å². The molecule has 0 bridgehead atoms. The van der Waals surface area contributed by atoms with Crippen molar-refractivity contribution in [3.63, 3.8) is 0 Å². The minimum Gasteiger partial charge on any atom is -0.382 e. The first kappa shape index (κ1) is 20.2. The van der Waals surface area contributed by atoms with E-state index in [-0.39, 0.29) is 22.5 Å². The van der Waals surface area contributed by atoms with Crippen molar-refractivity contribution in [1.82, 2.24) is 14.8 Å². The van der Waals surface area contributed by atoms with E-state index in [2.05, 4.69) is 20.1 Å². The SMILES string of the molecule is N#Cc1ccc(-c2cc(Cl)cc(Cl)c2)c(C2=NOC(C(F)(F)F)C2)c1-n1cncn1. The van der Waals surface area contributed by atoms with Gasteiger partial charge in [-0.15, -0.1) is 0 Å². The van der Waals surface area contributed by atoms with Crippen LogP contribution in [-0.4, -0.2) is 32.8 Å². The number of benzene rings is 2. The minimum atomic E-state index is -4.59. The molecule has 0 aliphatic carbocycles. The predicted octanol–water partition coefficient (Wildman–Crippen LogP) is 5.17.